The highest BCUT2D eigenvalue weighted by Gasteiger charge is 2.31. The molecule has 1 aliphatic rings. The molecule has 0 spiro atoms. The molecule has 1 fully saturated rings. The Labute approximate surface area is 157 Å². The molecule has 142 valence electrons. The van der Waals surface area contributed by atoms with Gasteiger partial charge >= 0.3 is 5.97 Å². The highest BCUT2D eigenvalue weighted by atomic mass is 16.5. The van der Waals surface area contributed by atoms with Crippen LogP contribution in [0.15, 0.2) is 42.6 Å². The van der Waals surface area contributed by atoms with E-state index in [9.17, 15) is 14.4 Å². The number of aromatic nitrogens is 1. The number of nitrogens with zero attached hydrogens (tertiary/aromatic N) is 2. The van der Waals surface area contributed by atoms with E-state index in [4.69, 9.17) is 9.47 Å². The lowest BCUT2D eigenvalue weighted by Gasteiger charge is -2.30. The van der Waals surface area contributed by atoms with Gasteiger partial charge in [-0.1, -0.05) is 30.3 Å². The van der Waals surface area contributed by atoms with Gasteiger partial charge in [0.25, 0.3) is 5.91 Å². The fraction of sp³-hybridized carbons (Fsp3) is 0.350. The summed E-state index contributed by atoms with van der Waals surface area (Å²) in [5.74, 6) is -1.08. The Morgan fingerprint density at radius 2 is 1.78 bits per heavy atom. The Hall–Kier alpha value is -2.93. The molecule has 0 saturated carbocycles. The van der Waals surface area contributed by atoms with E-state index in [1.54, 1.807) is 42.4 Å². The molecule has 1 saturated heterocycles. The van der Waals surface area contributed by atoms with Crippen LogP contribution in [0.5, 0.6) is 0 Å². The van der Waals surface area contributed by atoms with E-state index in [0.717, 1.165) is 0 Å². The zero-order valence-corrected chi connectivity index (χ0v) is 15.4. The third kappa shape index (κ3) is 4.25. The molecule has 1 atom stereocenters. The molecular weight excluding hydrogens is 348 g/mol. The molecule has 7 heteroatoms. The zero-order chi connectivity index (χ0) is 19.4. The number of ketones is 1. The molecule has 0 bridgehead atoms. The predicted molar refractivity (Wildman–Crippen MR) is 97.4 cm³/mol. The van der Waals surface area contributed by atoms with Gasteiger partial charge in [0.15, 0.2) is 5.78 Å². The Kier molecular flexibility index (Phi) is 5.71. The predicted octanol–water partition coefficient (Wildman–Crippen LogP) is 1.98. The molecule has 7 nitrogen and oxygen atoms in total. The number of benzene rings is 1. The first-order valence-electron chi connectivity index (χ1n) is 8.77. The summed E-state index contributed by atoms with van der Waals surface area (Å²) in [6.45, 7) is 3.26. The van der Waals surface area contributed by atoms with Crippen LogP contribution in [0, 0.1) is 0 Å². The quantitative estimate of drug-likeness (QED) is 0.594. The monoisotopic (exact) mass is 370 g/mol. The minimum atomic E-state index is -1.05. The second kappa shape index (κ2) is 8.18. The molecule has 27 heavy (non-hydrogen) atoms. The van der Waals surface area contributed by atoms with Gasteiger partial charge in [0.05, 0.1) is 13.2 Å². The second-order valence-corrected chi connectivity index (χ2v) is 6.41. The van der Waals surface area contributed by atoms with Crippen LogP contribution in [0.2, 0.25) is 0 Å². The molecule has 3 rings (SSSR count). The first kappa shape index (κ1) is 18.8. The lowest BCUT2D eigenvalue weighted by Crippen LogP contribution is -2.44. The van der Waals surface area contributed by atoms with Gasteiger partial charge in [-0.25, -0.2) is 4.79 Å². The fourth-order valence-corrected chi connectivity index (χ4v) is 2.97. The number of aryl methyl sites for hydroxylation is 1. The summed E-state index contributed by atoms with van der Waals surface area (Å²) >= 11 is 0. The molecule has 1 aromatic carbocycles. The highest BCUT2D eigenvalue weighted by molar-refractivity contribution is 5.98. The van der Waals surface area contributed by atoms with Gasteiger partial charge in [-0.05, 0) is 13.0 Å². The smallest absolute Gasteiger partial charge is 0.356 e. The van der Waals surface area contributed by atoms with Crippen LogP contribution in [-0.2, 0) is 21.3 Å². The number of morpholine rings is 1. The van der Waals surface area contributed by atoms with Crippen LogP contribution in [0.25, 0.3) is 0 Å². The number of Topliss-reactive ketones (excluding diaryl/α,β-unsaturated/α-hetero) is 1. The van der Waals surface area contributed by atoms with Gasteiger partial charge in [-0.15, -0.1) is 0 Å². The first-order valence-corrected chi connectivity index (χ1v) is 8.77. The highest BCUT2D eigenvalue weighted by Crippen LogP contribution is 2.23. The zero-order valence-electron chi connectivity index (χ0n) is 15.4. The molecule has 1 aromatic heterocycles. The topological polar surface area (TPSA) is 77.8 Å². The van der Waals surface area contributed by atoms with Gasteiger partial charge in [-0.3, -0.25) is 9.59 Å². The number of amides is 1. The molecule has 2 heterocycles. The number of hydrogen-bond donors (Lipinski definition) is 0. The number of carbonyl (C=O) groups is 3. The van der Waals surface area contributed by atoms with Crippen molar-refractivity contribution < 1.29 is 23.9 Å². The number of rotatable bonds is 5. The average molecular weight is 370 g/mol. The molecule has 1 amide bonds. The molecule has 0 unspecified atom stereocenters. The third-order valence-electron chi connectivity index (χ3n) is 4.49. The number of hydrogen-bond acceptors (Lipinski definition) is 5. The molecular formula is C20H22N2O5. The first-order chi connectivity index (χ1) is 13.0. The van der Waals surface area contributed by atoms with Crippen LogP contribution in [0.4, 0.5) is 0 Å². The van der Waals surface area contributed by atoms with Crippen LogP contribution >= 0.6 is 0 Å². The van der Waals surface area contributed by atoms with Crippen molar-refractivity contribution in [3.05, 3.63) is 59.4 Å². The van der Waals surface area contributed by atoms with Crippen molar-refractivity contribution in [3.8, 4) is 0 Å². The van der Waals surface area contributed by atoms with Crippen molar-refractivity contribution in [2.75, 3.05) is 26.3 Å². The normalized spacial score (nSPS) is 15.3. The van der Waals surface area contributed by atoms with Crippen LogP contribution in [0.3, 0.4) is 0 Å². The van der Waals surface area contributed by atoms with Crippen molar-refractivity contribution in [2.24, 2.45) is 7.05 Å². The van der Waals surface area contributed by atoms with Crippen molar-refractivity contribution in [3.63, 3.8) is 0 Å². The second-order valence-electron chi connectivity index (χ2n) is 6.41. The van der Waals surface area contributed by atoms with E-state index in [2.05, 4.69) is 0 Å². The fourth-order valence-electron chi connectivity index (χ4n) is 2.97. The summed E-state index contributed by atoms with van der Waals surface area (Å²) in [4.78, 5) is 38.9. The molecule has 2 aromatic rings. The van der Waals surface area contributed by atoms with Gasteiger partial charge in [0.1, 0.15) is 5.69 Å². The number of ether oxygens (including phenoxy) is 2. The van der Waals surface area contributed by atoms with Gasteiger partial charge in [0, 0.05) is 37.5 Å². The van der Waals surface area contributed by atoms with Crippen molar-refractivity contribution >= 4 is 17.7 Å². The standard InChI is InChI=1S/C20H22N2O5/c1-14(23)16-12-17(21(2)13-16)20(25)27-18(15-6-4-3-5-7-15)19(24)22-8-10-26-11-9-22/h3-7,12-13,18H,8-11H2,1-2H3/t18-/m0/s1. The van der Waals surface area contributed by atoms with E-state index >= 15 is 0 Å². The van der Waals surface area contributed by atoms with E-state index in [1.807, 2.05) is 6.07 Å². The molecule has 0 radical (unpaired) electrons. The molecule has 0 aliphatic carbocycles. The maximum absolute atomic E-state index is 13.0. The van der Waals surface area contributed by atoms with E-state index in [1.165, 1.54) is 17.6 Å². The van der Waals surface area contributed by atoms with Gasteiger partial charge < -0.3 is 18.9 Å². The third-order valence-corrected chi connectivity index (χ3v) is 4.49. The maximum atomic E-state index is 13.0. The average Bonchev–Trinajstić information content (AvgIpc) is 3.09. The largest absolute Gasteiger partial charge is 0.443 e. The van der Waals surface area contributed by atoms with E-state index in [-0.39, 0.29) is 17.4 Å². The minimum absolute atomic E-state index is 0.145. The van der Waals surface area contributed by atoms with Crippen molar-refractivity contribution in [2.45, 2.75) is 13.0 Å². The Balaban J connectivity index is 1.86. The molecule has 1 aliphatic heterocycles. The number of carbonyl (C=O) groups excluding carboxylic acids is 3. The van der Waals surface area contributed by atoms with Crippen LogP contribution in [-0.4, -0.2) is 53.4 Å². The lowest BCUT2D eigenvalue weighted by molar-refractivity contribution is -0.145. The van der Waals surface area contributed by atoms with Crippen molar-refractivity contribution in [1.29, 1.82) is 0 Å². The Morgan fingerprint density at radius 3 is 2.37 bits per heavy atom. The van der Waals surface area contributed by atoms with E-state index in [0.29, 0.717) is 37.4 Å². The van der Waals surface area contributed by atoms with Crippen molar-refractivity contribution in [1.82, 2.24) is 9.47 Å². The van der Waals surface area contributed by atoms with Crippen LogP contribution < -0.4 is 0 Å². The summed E-state index contributed by atoms with van der Waals surface area (Å²) in [5, 5.41) is 0. The minimum Gasteiger partial charge on any atom is -0.443 e. The summed E-state index contributed by atoms with van der Waals surface area (Å²) in [6, 6.07) is 10.4. The summed E-state index contributed by atoms with van der Waals surface area (Å²) < 4.78 is 12.4. The molecule has 0 N–H and O–H groups in total. The van der Waals surface area contributed by atoms with Gasteiger partial charge in [-0.2, -0.15) is 0 Å². The SMILES string of the molecule is CC(=O)c1cc(C(=O)O[C@H](C(=O)N2CCOCC2)c2ccccc2)n(C)c1. The van der Waals surface area contributed by atoms with E-state index < -0.39 is 12.1 Å². The summed E-state index contributed by atoms with van der Waals surface area (Å²) in [7, 11) is 1.66. The maximum Gasteiger partial charge on any atom is 0.356 e. The number of esters is 1. The Bertz CT molecular complexity index is 837. The summed E-state index contributed by atoms with van der Waals surface area (Å²) in [6.07, 6.45) is 0.521. The summed E-state index contributed by atoms with van der Waals surface area (Å²) in [5.41, 5.74) is 1.24. The van der Waals surface area contributed by atoms with Crippen LogP contribution in [0.1, 0.15) is 39.4 Å². The lowest BCUT2D eigenvalue weighted by atomic mass is 10.1. The Morgan fingerprint density at radius 1 is 1.11 bits per heavy atom. The van der Waals surface area contributed by atoms with Gasteiger partial charge in [0.2, 0.25) is 6.10 Å².